The second-order valence-corrected chi connectivity index (χ2v) is 5.75. The molecule has 1 aromatic rings. The summed E-state index contributed by atoms with van der Waals surface area (Å²) in [7, 11) is 0. The van der Waals surface area contributed by atoms with Crippen LogP contribution in [0.5, 0.6) is 5.75 Å². The Morgan fingerprint density at radius 1 is 1.33 bits per heavy atom. The van der Waals surface area contributed by atoms with Crippen LogP contribution in [-0.4, -0.2) is 43.2 Å². The molecule has 1 aliphatic rings. The Labute approximate surface area is 140 Å². The van der Waals surface area contributed by atoms with Crippen LogP contribution in [0.1, 0.15) is 25.3 Å². The largest absolute Gasteiger partial charge is 0.484 e. The van der Waals surface area contributed by atoms with Gasteiger partial charge in [-0.2, -0.15) is 0 Å². The van der Waals surface area contributed by atoms with Crippen molar-refractivity contribution in [3.8, 4) is 5.75 Å². The molecule has 1 aliphatic heterocycles. The Hall–Kier alpha value is -2.15. The third-order valence-electron chi connectivity index (χ3n) is 3.91. The first-order chi connectivity index (χ1) is 11.5. The number of amides is 1. The highest BCUT2D eigenvalue weighted by atomic mass is 19.1. The van der Waals surface area contributed by atoms with Crippen molar-refractivity contribution in [2.24, 2.45) is 5.92 Å². The Kier molecular flexibility index (Phi) is 6.54. The highest BCUT2D eigenvalue weighted by Gasteiger charge is 2.26. The number of carbonyl (C=O) groups excluding carboxylic acids is 2. The third kappa shape index (κ3) is 5.19. The molecule has 1 saturated heterocycles. The molecule has 2 rings (SSSR count). The number of nitrogens with one attached hydrogen (secondary N) is 1. The zero-order valence-electron chi connectivity index (χ0n) is 14.0. The minimum Gasteiger partial charge on any atom is -0.484 e. The number of benzene rings is 1. The van der Waals surface area contributed by atoms with E-state index in [1.807, 2.05) is 0 Å². The Morgan fingerprint density at radius 2 is 2.04 bits per heavy atom. The van der Waals surface area contributed by atoms with Crippen LogP contribution in [0.4, 0.5) is 4.39 Å². The third-order valence-corrected chi connectivity index (χ3v) is 3.91. The second kappa shape index (κ2) is 8.63. The zero-order chi connectivity index (χ0) is 17.5. The maximum Gasteiger partial charge on any atom is 0.309 e. The van der Waals surface area contributed by atoms with Crippen molar-refractivity contribution in [3.63, 3.8) is 0 Å². The summed E-state index contributed by atoms with van der Waals surface area (Å²) in [4.78, 5) is 23.6. The van der Waals surface area contributed by atoms with E-state index < -0.39 is 0 Å². The summed E-state index contributed by atoms with van der Waals surface area (Å²) in [5.41, 5.74) is 3.25. The van der Waals surface area contributed by atoms with Gasteiger partial charge >= 0.3 is 5.97 Å². The van der Waals surface area contributed by atoms with Gasteiger partial charge in [-0.15, -0.1) is 0 Å². The molecular formula is C17H23FN2O4. The number of carbonyl (C=O) groups is 2. The number of halogens is 1. The number of hydrogen-bond acceptors (Lipinski definition) is 5. The maximum atomic E-state index is 13.4. The van der Waals surface area contributed by atoms with Gasteiger partial charge in [0.1, 0.15) is 11.6 Å². The van der Waals surface area contributed by atoms with Crippen molar-refractivity contribution in [2.45, 2.75) is 26.7 Å². The van der Waals surface area contributed by atoms with E-state index in [0.717, 1.165) is 0 Å². The summed E-state index contributed by atoms with van der Waals surface area (Å²) < 4.78 is 23.7. The average molecular weight is 338 g/mol. The van der Waals surface area contributed by atoms with Crippen LogP contribution in [-0.2, 0) is 14.3 Å². The van der Waals surface area contributed by atoms with Crippen LogP contribution in [0.25, 0.3) is 0 Å². The summed E-state index contributed by atoms with van der Waals surface area (Å²) in [5.74, 6) is -0.646. The van der Waals surface area contributed by atoms with E-state index in [0.29, 0.717) is 43.9 Å². The molecule has 6 nitrogen and oxygen atoms in total. The van der Waals surface area contributed by atoms with Crippen molar-refractivity contribution < 1.29 is 23.5 Å². The van der Waals surface area contributed by atoms with Gasteiger partial charge in [0.15, 0.2) is 6.61 Å². The molecule has 0 aliphatic carbocycles. The van der Waals surface area contributed by atoms with E-state index in [-0.39, 0.29) is 30.2 Å². The maximum absolute atomic E-state index is 13.4. The first kappa shape index (κ1) is 18.2. The second-order valence-electron chi connectivity index (χ2n) is 5.75. The van der Waals surface area contributed by atoms with Crippen LogP contribution >= 0.6 is 0 Å². The van der Waals surface area contributed by atoms with Crippen molar-refractivity contribution in [2.75, 3.05) is 26.3 Å². The van der Waals surface area contributed by atoms with E-state index in [2.05, 4.69) is 5.43 Å². The van der Waals surface area contributed by atoms with Gasteiger partial charge in [-0.1, -0.05) is 6.07 Å². The highest BCUT2D eigenvalue weighted by molar-refractivity contribution is 5.77. The zero-order valence-corrected chi connectivity index (χ0v) is 14.0. The van der Waals surface area contributed by atoms with Crippen molar-refractivity contribution in [3.05, 3.63) is 29.6 Å². The lowest BCUT2D eigenvalue weighted by Crippen LogP contribution is -2.49. The molecule has 0 atom stereocenters. The highest BCUT2D eigenvalue weighted by Crippen LogP contribution is 2.18. The van der Waals surface area contributed by atoms with Gasteiger partial charge < -0.3 is 9.47 Å². The summed E-state index contributed by atoms with van der Waals surface area (Å²) >= 11 is 0. The van der Waals surface area contributed by atoms with E-state index in [1.54, 1.807) is 31.0 Å². The molecule has 1 N–H and O–H groups in total. The van der Waals surface area contributed by atoms with Crippen LogP contribution in [0.15, 0.2) is 18.2 Å². The topological polar surface area (TPSA) is 67.9 Å². The fourth-order valence-corrected chi connectivity index (χ4v) is 2.51. The van der Waals surface area contributed by atoms with Gasteiger partial charge in [0.05, 0.1) is 12.5 Å². The lowest BCUT2D eigenvalue weighted by molar-refractivity contribution is -0.150. The average Bonchev–Trinajstić information content (AvgIpc) is 2.57. The van der Waals surface area contributed by atoms with E-state index in [9.17, 15) is 14.0 Å². The minimum absolute atomic E-state index is 0.107. The molecular weight excluding hydrogens is 315 g/mol. The molecule has 132 valence electrons. The van der Waals surface area contributed by atoms with E-state index >= 15 is 0 Å². The number of hydrogen-bond donors (Lipinski definition) is 1. The molecule has 1 aromatic carbocycles. The molecule has 1 fully saturated rings. The Morgan fingerprint density at radius 3 is 2.67 bits per heavy atom. The SMILES string of the molecule is CCOC(=O)C1CCN(NC(=O)COc2ccc(C)c(F)c2)CC1. The van der Waals surface area contributed by atoms with Crippen molar-refractivity contribution in [1.82, 2.24) is 10.4 Å². The molecule has 0 spiro atoms. The standard InChI is InChI=1S/C17H23FN2O4/c1-3-23-17(22)13-6-8-20(9-7-13)19-16(21)11-24-14-5-4-12(2)15(18)10-14/h4-5,10,13H,3,6-9,11H2,1-2H3,(H,19,21). The summed E-state index contributed by atoms with van der Waals surface area (Å²) in [6, 6.07) is 4.48. The van der Waals surface area contributed by atoms with Crippen LogP contribution in [0.2, 0.25) is 0 Å². The fraction of sp³-hybridized carbons (Fsp3) is 0.529. The lowest BCUT2D eigenvalue weighted by Gasteiger charge is -2.30. The van der Waals surface area contributed by atoms with E-state index in [1.165, 1.54) is 6.07 Å². The van der Waals surface area contributed by atoms with Crippen LogP contribution in [0.3, 0.4) is 0 Å². The smallest absolute Gasteiger partial charge is 0.309 e. The molecule has 0 unspecified atom stereocenters. The van der Waals surface area contributed by atoms with Gasteiger partial charge in [0.2, 0.25) is 0 Å². The predicted octanol–water partition coefficient (Wildman–Crippen LogP) is 1.82. The van der Waals surface area contributed by atoms with Gasteiger partial charge in [0.25, 0.3) is 5.91 Å². The summed E-state index contributed by atoms with van der Waals surface area (Å²) in [6.45, 7) is 4.79. The summed E-state index contributed by atoms with van der Waals surface area (Å²) in [5, 5.41) is 1.76. The lowest BCUT2D eigenvalue weighted by atomic mass is 9.98. The summed E-state index contributed by atoms with van der Waals surface area (Å²) in [6.07, 6.45) is 1.28. The normalized spacial score (nSPS) is 15.8. The molecule has 0 radical (unpaired) electrons. The first-order valence-electron chi connectivity index (χ1n) is 8.09. The molecule has 0 saturated carbocycles. The number of esters is 1. The van der Waals surface area contributed by atoms with Gasteiger partial charge in [0, 0.05) is 19.2 Å². The van der Waals surface area contributed by atoms with Crippen LogP contribution < -0.4 is 10.2 Å². The Balaban J connectivity index is 1.71. The fourth-order valence-electron chi connectivity index (χ4n) is 2.51. The van der Waals surface area contributed by atoms with Crippen molar-refractivity contribution in [1.29, 1.82) is 0 Å². The first-order valence-corrected chi connectivity index (χ1v) is 8.09. The quantitative estimate of drug-likeness (QED) is 0.802. The van der Waals surface area contributed by atoms with Gasteiger partial charge in [-0.05, 0) is 38.3 Å². The number of aryl methyl sites for hydroxylation is 1. The van der Waals surface area contributed by atoms with Crippen LogP contribution in [0, 0.1) is 18.7 Å². The monoisotopic (exact) mass is 338 g/mol. The molecule has 0 aromatic heterocycles. The number of hydrazine groups is 1. The number of rotatable bonds is 6. The molecule has 1 heterocycles. The Bertz CT molecular complexity index is 586. The number of nitrogens with zero attached hydrogens (tertiary/aromatic N) is 1. The predicted molar refractivity (Wildman–Crippen MR) is 85.7 cm³/mol. The minimum atomic E-state index is -0.367. The number of ether oxygens (including phenoxy) is 2. The van der Waals surface area contributed by atoms with Gasteiger partial charge in [-0.3, -0.25) is 15.0 Å². The molecule has 24 heavy (non-hydrogen) atoms. The molecule has 0 bridgehead atoms. The van der Waals surface area contributed by atoms with Crippen molar-refractivity contribution >= 4 is 11.9 Å². The molecule has 1 amide bonds. The number of piperidine rings is 1. The van der Waals surface area contributed by atoms with E-state index in [4.69, 9.17) is 9.47 Å². The van der Waals surface area contributed by atoms with Gasteiger partial charge in [-0.25, -0.2) is 9.40 Å². The molecule has 7 heteroatoms.